The Hall–Kier alpha value is -0.120. The van der Waals surface area contributed by atoms with Gasteiger partial charge in [-0.2, -0.15) is 0 Å². The van der Waals surface area contributed by atoms with Crippen molar-refractivity contribution >= 4 is 0 Å². The number of hydrogen-bond donors (Lipinski definition) is 2. The van der Waals surface area contributed by atoms with Gasteiger partial charge in [-0.3, -0.25) is 0 Å². The lowest BCUT2D eigenvalue weighted by Gasteiger charge is -2.48. The molecule has 3 heteroatoms. The fraction of sp³-hybridized carbons (Fsp3) is 1.00. The van der Waals surface area contributed by atoms with Gasteiger partial charge in [0.15, 0.2) is 6.29 Å². The smallest absolute Gasteiger partial charge is 0.160 e. The first kappa shape index (κ1) is 16.9. The Bertz CT molecular complexity index is 225. The summed E-state index contributed by atoms with van der Waals surface area (Å²) in [6.07, 6.45) is 0.00434. The van der Waals surface area contributed by atoms with Gasteiger partial charge >= 0.3 is 0 Å². The van der Waals surface area contributed by atoms with E-state index < -0.39 is 6.29 Å². The number of aliphatic hydroxyl groups excluding tert-OH is 2. The van der Waals surface area contributed by atoms with Crippen molar-refractivity contribution in [1.29, 1.82) is 0 Å². The number of rotatable bonds is 5. The van der Waals surface area contributed by atoms with Crippen molar-refractivity contribution in [3.63, 3.8) is 0 Å². The molecule has 0 saturated heterocycles. The van der Waals surface area contributed by atoms with E-state index in [-0.39, 0.29) is 29.5 Å². The molecule has 0 aromatic carbocycles. The summed E-state index contributed by atoms with van der Waals surface area (Å²) in [7, 11) is 0. The Morgan fingerprint density at radius 1 is 1.00 bits per heavy atom. The molecule has 3 nitrogen and oxygen atoms in total. The maximum absolute atomic E-state index is 10.3. The van der Waals surface area contributed by atoms with E-state index in [1.165, 1.54) is 0 Å². The van der Waals surface area contributed by atoms with Crippen LogP contribution < -0.4 is 0 Å². The van der Waals surface area contributed by atoms with Gasteiger partial charge in [0.2, 0.25) is 0 Å². The second-order valence-electron chi connectivity index (χ2n) is 7.35. The predicted octanol–water partition coefficient (Wildman–Crippen LogP) is 2.80. The van der Waals surface area contributed by atoms with Crippen molar-refractivity contribution in [3.05, 3.63) is 0 Å². The fourth-order valence-corrected chi connectivity index (χ4v) is 2.17. The molecule has 0 amide bonds. The molecule has 0 fully saturated rings. The third-order valence-corrected chi connectivity index (χ3v) is 3.52. The minimum Gasteiger partial charge on any atom is -0.394 e. The van der Waals surface area contributed by atoms with Crippen molar-refractivity contribution in [1.82, 2.24) is 0 Å². The van der Waals surface area contributed by atoms with E-state index in [4.69, 9.17) is 9.84 Å². The highest BCUT2D eigenvalue weighted by Crippen LogP contribution is 2.49. The van der Waals surface area contributed by atoms with Crippen molar-refractivity contribution < 1.29 is 14.9 Å². The minimum absolute atomic E-state index is 0.0627. The van der Waals surface area contributed by atoms with Crippen LogP contribution in [0.25, 0.3) is 0 Å². The zero-order valence-electron chi connectivity index (χ0n) is 12.5. The van der Waals surface area contributed by atoms with Crippen LogP contribution in [0.5, 0.6) is 0 Å². The van der Waals surface area contributed by atoms with Gasteiger partial charge in [-0.15, -0.1) is 0 Å². The summed E-state index contributed by atoms with van der Waals surface area (Å²) in [5.41, 5.74) is -0.304. The van der Waals surface area contributed by atoms with E-state index in [1.54, 1.807) is 0 Å². The SMILES string of the molecule is CC(C)(C)CC(C)(C(O)OCCO)C(C)(C)C. The predicted molar refractivity (Wildman–Crippen MR) is 70.7 cm³/mol. The van der Waals surface area contributed by atoms with Crippen LogP contribution in [0, 0.1) is 16.2 Å². The van der Waals surface area contributed by atoms with E-state index in [2.05, 4.69) is 48.5 Å². The van der Waals surface area contributed by atoms with Crippen molar-refractivity contribution in [2.24, 2.45) is 16.2 Å². The van der Waals surface area contributed by atoms with E-state index in [9.17, 15) is 5.11 Å². The van der Waals surface area contributed by atoms with Crippen molar-refractivity contribution in [3.8, 4) is 0 Å². The Morgan fingerprint density at radius 2 is 1.47 bits per heavy atom. The second-order valence-corrected chi connectivity index (χ2v) is 7.35. The molecule has 0 aromatic rings. The van der Waals surface area contributed by atoms with Crippen LogP contribution in [-0.4, -0.2) is 29.7 Å². The molecular formula is C14H30O3. The van der Waals surface area contributed by atoms with Crippen LogP contribution in [0.2, 0.25) is 0 Å². The Balaban J connectivity index is 4.98. The summed E-state index contributed by atoms with van der Waals surface area (Å²) in [4.78, 5) is 0. The number of hydrogen-bond acceptors (Lipinski definition) is 3. The maximum Gasteiger partial charge on any atom is 0.160 e. The highest BCUT2D eigenvalue weighted by atomic mass is 16.6. The zero-order valence-corrected chi connectivity index (χ0v) is 12.5. The van der Waals surface area contributed by atoms with Crippen LogP contribution >= 0.6 is 0 Å². The molecule has 0 spiro atoms. The first-order valence-corrected chi connectivity index (χ1v) is 6.34. The van der Waals surface area contributed by atoms with E-state index in [1.807, 2.05) is 0 Å². The molecule has 17 heavy (non-hydrogen) atoms. The van der Waals surface area contributed by atoms with Crippen LogP contribution in [-0.2, 0) is 4.74 Å². The van der Waals surface area contributed by atoms with Gasteiger partial charge < -0.3 is 14.9 Å². The highest BCUT2D eigenvalue weighted by molar-refractivity contribution is 4.92. The molecule has 0 aliphatic carbocycles. The Kier molecular flexibility index (Phi) is 5.64. The third kappa shape index (κ3) is 4.94. The normalized spacial score (nSPS) is 18.9. The fourth-order valence-electron chi connectivity index (χ4n) is 2.17. The minimum atomic E-state index is -0.853. The Morgan fingerprint density at radius 3 is 1.76 bits per heavy atom. The molecule has 2 unspecified atom stereocenters. The molecule has 0 aliphatic heterocycles. The summed E-state index contributed by atoms with van der Waals surface area (Å²) in [6, 6.07) is 0. The van der Waals surface area contributed by atoms with Gasteiger partial charge in [0, 0.05) is 5.41 Å². The molecule has 2 atom stereocenters. The van der Waals surface area contributed by atoms with Crippen LogP contribution in [0.3, 0.4) is 0 Å². The van der Waals surface area contributed by atoms with Crippen LogP contribution in [0.1, 0.15) is 54.9 Å². The summed E-state index contributed by atoms with van der Waals surface area (Å²) < 4.78 is 5.33. The van der Waals surface area contributed by atoms with Crippen molar-refractivity contribution in [2.45, 2.75) is 61.2 Å². The largest absolute Gasteiger partial charge is 0.394 e. The molecular weight excluding hydrogens is 216 g/mol. The van der Waals surface area contributed by atoms with Gasteiger partial charge in [-0.05, 0) is 17.3 Å². The molecule has 0 aliphatic rings. The first-order chi connectivity index (χ1) is 7.44. The van der Waals surface area contributed by atoms with Crippen LogP contribution in [0.4, 0.5) is 0 Å². The standard InChI is InChI=1S/C14H30O3/c1-12(2,3)10-14(7,13(4,5)6)11(16)17-9-8-15/h11,15-16H,8-10H2,1-7H3. The molecule has 0 bridgehead atoms. The second kappa shape index (κ2) is 5.68. The summed E-state index contributed by atoms with van der Waals surface area (Å²) in [6.45, 7) is 15.0. The molecule has 2 N–H and O–H groups in total. The zero-order chi connectivity index (χ0) is 13.9. The monoisotopic (exact) mass is 246 g/mol. The number of ether oxygens (including phenoxy) is 1. The molecule has 0 aromatic heterocycles. The van der Waals surface area contributed by atoms with Gasteiger partial charge in [-0.1, -0.05) is 48.5 Å². The van der Waals surface area contributed by atoms with E-state index >= 15 is 0 Å². The molecule has 104 valence electrons. The van der Waals surface area contributed by atoms with Crippen LogP contribution in [0.15, 0.2) is 0 Å². The summed E-state index contributed by atoms with van der Waals surface area (Å²) in [5.74, 6) is 0. The van der Waals surface area contributed by atoms with Gasteiger partial charge in [-0.25, -0.2) is 0 Å². The molecule has 0 heterocycles. The van der Waals surface area contributed by atoms with Gasteiger partial charge in [0.25, 0.3) is 0 Å². The van der Waals surface area contributed by atoms with Crippen molar-refractivity contribution in [2.75, 3.05) is 13.2 Å². The van der Waals surface area contributed by atoms with E-state index in [0.717, 1.165) is 6.42 Å². The molecule has 0 rings (SSSR count). The molecule has 0 saturated carbocycles. The topological polar surface area (TPSA) is 49.7 Å². The Labute approximate surface area is 106 Å². The number of aliphatic hydroxyl groups is 2. The quantitative estimate of drug-likeness (QED) is 0.733. The first-order valence-electron chi connectivity index (χ1n) is 6.34. The van der Waals surface area contributed by atoms with Gasteiger partial charge in [0.05, 0.1) is 13.2 Å². The van der Waals surface area contributed by atoms with E-state index in [0.29, 0.717) is 0 Å². The molecule has 0 radical (unpaired) electrons. The lowest BCUT2D eigenvalue weighted by molar-refractivity contribution is -0.215. The average Bonchev–Trinajstić information content (AvgIpc) is 2.09. The van der Waals surface area contributed by atoms with Gasteiger partial charge in [0.1, 0.15) is 0 Å². The summed E-state index contributed by atoms with van der Waals surface area (Å²) >= 11 is 0. The lowest BCUT2D eigenvalue weighted by Crippen LogP contribution is -2.47. The lowest BCUT2D eigenvalue weighted by atomic mass is 9.61. The maximum atomic E-state index is 10.3. The summed E-state index contributed by atoms with van der Waals surface area (Å²) in [5, 5.41) is 19.0. The third-order valence-electron chi connectivity index (χ3n) is 3.52. The highest BCUT2D eigenvalue weighted by Gasteiger charge is 2.46. The average molecular weight is 246 g/mol.